The van der Waals surface area contributed by atoms with Crippen LogP contribution < -0.4 is 15.4 Å². The largest absolute Gasteiger partial charge is 0.484 e. The van der Waals surface area contributed by atoms with Gasteiger partial charge in [-0.15, -0.1) is 0 Å². The molecular weight excluding hydrogens is 246 g/mol. The number of benzene rings is 1. The Hall–Kier alpha value is -1.82. The van der Waals surface area contributed by atoms with Crippen molar-refractivity contribution in [3.05, 3.63) is 28.3 Å². The first kappa shape index (κ1) is 15.2. The molecule has 0 saturated carbocycles. The minimum atomic E-state index is -0.430. The molecule has 0 aliphatic heterocycles. The number of hydrogen-bond acceptors (Lipinski definition) is 5. The summed E-state index contributed by atoms with van der Waals surface area (Å²) in [6.45, 7) is 8.24. The van der Waals surface area contributed by atoms with Crippen molar-refractivity contribution in [3.8, 4) is 5.75 Å². The zero-order valence-corrected chi connectivity index (χ0v) is 11.6. The Labute approximate surface area is 113 Å². The van der Waals surface area contributed by atoms with E-state index < -0.39 is 4.92 Å². The predicted molar refractivity (Wildman–Crippen MR) is 75.9 cm³/mol. The van der Waals surface area contributed by atoms with Gasteiger partial charge in [-0.3, -0.25) is 10.1 Å². The first-order chi connectivity index (χ1) is 9.04. The van der Waals surface area contributed by atoms with Crippen LogP contribution in [0.4, 0.5) is 11.4 Å². The van der Waals surface area contributed by atoms with Crippen molar-refractivity contribution >= 4 is 11.4 Å². The summed E-state index contributed by atoms with van der Waals surface area (Å²) in [5.41, 5.74) is 0.810. The summed E-state index contributed by atoms with van der Waals surface area (Å²) in [7, 11) is 0. The first-order valence-electron chi connectivity index (χ1n) is 6.44. The van der Waals surface area contributed by atoms with Gasteiger partial charge in [0, 0.05) is 30.9 Å². The van der Waals surface area contributed by atoms with Gasteiger partial charge in [0.15, 0.2) is 5.75 Å². The summed E-state index contributed by atoms with van der Waals surface area (Å²) in [4.78, 5) is 10.5. The quantitative estimate of drug-likeness (QED) is 0.429. The summed E-state index contributed by atoms with van der Waals surface area (Å²) in [6.07, 6.45) is -0.101. The van der Waals surface area contributed by atoms with Crippen molar-refractivity contribution in [2.75, 3.05) is 25.0 Å². The van der Waals surface area contributed by atoms with Crippen LogP contribution in [0.1, 0.15) is 20.8 Å². The fourth-order valence-corrected chi connectivity index (χ4v) is 1.60. The monoisotopic (exact) mass is 267 g/mol. The Morgan fingerprint density at radius 1 is 1.37 bits per heavy atom. The molecule has 0 aromatic heterocycles. The second-order valence-electron chi connectivity index (χ2n) is 4.39. The summed E-state index contributed by atoms with van der Waals surface area (Å²) >= 11 is 0. The number of likely N-dealkylation sites (N-methyl/N-ethyl adjacent to an activating group) is 1. The maximum absolute atomic E-state index is 10.9. The minimum absolute atomic E-state index is 0.00840. The van der Waals surface area contributed by atoms with E-state index in [1.54, 1.807) is 12.1 Å². The fourth-order valence-electron chi connectivity index (χ4n) is 1.60. The van der Waals surface area contributed by atoms with E-state index in [0.29, 0.717) is 5.75 Å². The lowest BCUT2D eigenvalue weighted by atomic mass is 10.2. The third kappa shape index (κ3) is 5.13. The second kappa shape index (κ2) is 7.58. The van der Waals surface area contributed by atoms with Crippen molar-refractivity contribution < 1.29 is 9.66 Å². The maximum Gasteiger partial charge on any atom is 0.311 e. The molecule has 19 heavy (non-hydrogen) atoms. The fraction of sp³-hybridized carbons (Fsp3) is 0.538. The third-order valence-corrected chi connectivity index (χ3v) is 2.40. The topological polar surface area (TPSA) is 76.4 Å². The molecule has 1 rings (SSSR count). The molecule has 6 nitrogen and oxygen atoms in total. The first-order valence-corrected chi connectivity index (χ1v) is 6.44. The van der Waals surface area contributed by atoms with Gasteiger partial charge in [-0.05, 0) is 26.5 Å². The van der Waals surface area contributed by atoms with Crippen LogP contribution in [0.15, 0.2) is 18.2 Å². The van der Waals surface area contributed by atoms with Gasteiger partial charge in [0.2, 0.25) is 0 Å². The number of hydrogen-bond donors (Lipinski definition) is 2. The predicted octanol–water partition coefficient (Wildman–Crippen LogP) is 2.40. The summed E-state index contributed by atoms with van der Waals surface area (Å²) in [5, 5.41) is 17.3. The normalized spacial score (nSPS) is 10.5. The van der Waals surface area contributed by atoms with Gasteiger partial charge in [0.05, 0.1) is 11.0 Å². The van der Waals surface area contributed by atoms with E-state index in [0.717, 1.165) is 25.3 Å². The molecule has 0 unspecified atom stereocenters. The van der Waals surface area contributed by atoms with Crippen molar-refractivity contribution in [2.45, 2.75) is 26.9 Å². The molecule has 106 valence electrons. The van der Waals surface area contributed by atoms with Crippen LogP contribution in [0.2, 0.25) is 0 Å². The van der Waals surface area contributed by atoms with Crippen molar-refractivity contribution in [1.82, 2.24) is 5.32 Å². The van der Waals surface area contributed by atoms with Gasteiger partial charge in [-0.2, -0.15) is 0 Å². The van der Waals surface area contributed by atoms with Crippen LogP contribution >= 0.6 is 0 Å². The van der Waals surface area contributed by atoms with Crippen LogP contribution in [0.3, 0.4) is 0 Å². The van der Waals surface area contributed by atoms with Gasteiger partial charge in [-0.25, -0.2) is 0 Å². The number of rotatable bonds is 8. The van der Waals surface area contributed by atoms with Crippen LogP contribution in [-0.4, -0.2) is 30.7 Å². The molecule has 0 fully saturated rings. The number of nitrogens with one attached hydrogen (secondary N) is 2. The highest BCUT2D eigenvalue weighted by molar-refractivity contribution is 5.58. The molecule has 0 aliphatic carbocycles. The molecule has 1 aromatic carbocycles. The zero-order chi connectivity index (χ0) is 14.3. The second-order valence-corrected chi connectivity index (χ2v) is 4.39. The van der Waals surface area contributed by atoms with Crippen LogP contribution in [-0.2, 0) is 0 Å². The number of nitro benzene ring substituents is 1. The summed E-state index contributed by atoms with van der Waals surface area (Å²) in [6, 6.07) is 4.83. The van der Waals surface area contributed by atoms with E-state index in [-0.39, 0.29) is 11.8 Å². The smallest absolute Gasteiger partial charge is 0.311 e. The highest BCUT2D eigenvalue weighted by Gasteiger charge is 2.16. The molecule has 0 radical (unpaired) electrons. The van der Waals surface area contributed by atoms with Gasteiger partial charge >= 0.3 is 5.69 Å². The average molecular weight is 267 g/mol. The number of ether oxygens (including phenoxy) is 1. The van der Waals surface area contributed by atoms with Gasteiger partial charge in [0.1, 0.15) is 0 Å². The molecule has 0 aliphatic rings. The zero-order valence-electron chi connectivity index (χ0n) is 11.6. The molecule has 0 saturated heterocycles. The van der Waals surface area contributed by atoms with Crippen molar-refractivity contribution in [2.24, 2.45) is 0 Å². The molecule has 0 bridgehead atoms. The van der Waals surface area contributed by atoms with E-state index >= 15 is 0 Å². The van der Waals surface area contributed by atoms with Crippen LogP contribution in [0.25, 0.3) is 0 Å². The molecule has 0 heterocycles. The average Bonchev–Trinajstić information content (AvgIpc) is 2.34. The highest BCUT2D eigenvalue weighted by atomic mass is 16.6. The Kier molecular flexibility index (Phi) is 6.08. The van der Waals surface area contributed by atoms with E-state index in [4.69, 9.17) is 4.74 Å². The molecule has 2 N–H and O–H groups in total. The maximum atomic E-state index is 10.9. The lowest BCUT2D eigenvalue weighted by molar-refractivity contribution is -0.386. The number of nitro groups is 1. The molecule has 6 heteroatoms. The highest BCUT2D eigenvalue weighted by Crippen LogP contribution is 2.30. The lowest BCUT2D eigenvalue weighted by Gasteiger charge is -2.12. The molecule has 0 atom stereocenters. The molecule has 0 amide bonds. The van der Waals surface area contributed by atoms with Gasteiger partial charge in [-0.1, -0.05) is 6.92 Å². The minimum Gasteiger partial charge on any atom is -0.484 e. The lowest BCUT2D eigenvalue weighted by Crippen LogP contribution is -2.21. The Bertz CT molecular complexity index is 422. The van der Waals surface area contributed by atoms with Gasteiger partial charge < -0.3 is 15.4 Å². The van der Waals surface area contributed by atoms with E-state index in [1.807, 2.05) is 20.8 Å². The number of anilines is 1. The third-order valence-electron chi connectivity index (χ3n) is 2.40. The Morgan fingerprint density at radius 2 is 2.11 bits per heavy atom. The van der Waals surface area contributed by atoms with Crippen molar-refractivity contribution in [1.29, 1.82) is 0 Å². The van der Waals surface area contributed by atoms with Crippen LogP contribution in [0, 0.1) is 10.1 Å². The van der Waals surface area contributed by atoms with E-state index in [9.17, 15) is 10.1 Å². The van der Waals surface area contributed by atoms with Crippen molar-refractivity contribution in [3.63, 3.8) is 0 Å². The molecule has 1 aromatic rings. The molecular formula is C13H21N3O3. The van der Waals surface area contributed by atoms with E-state index in [1.165, 1.54) is 6.07 Å². The Morgan fingerprint density at radius 3 is 2.68 bits per heavy atom. The summed E-state index contributed by atoms with van der Waals surface area (Å²) < 4.78 is 5.48. The number of nitrogens with zero attached hydrogens (tertiary/aromatic N) is 1. The standard InChI is InChI=1S/C13H21N3O3/c1-4-14-7-8-15-11-5-6-12(16(17)18)13(9-11)19-10(2)3/h5-6,9-10,14-15H,4,7-8H2,1-3H3. The Balaban J connectivity index is 2.76. The SMILES string of the molecule is CCNCCNc1ccc([N+](=O)[O-])c(OC(C)C)c1. The molecule has 0 spiro atoms. The van der Waals surface area contributed by atoms with Crippen LogP contribution in [0.5, 0.6) is 5.75 Å². The van der Waals surface area contributed by atoms with Gasteiger partial charge in [0.25, 0.3) is 0 Å². The summed E-state index contributed by atoms with van der Waals surface area (Å²) in [5.74, 6) is 0.299. The van der Waals surface area contributed by atoms with E-state index in [2.05, 4.69) is 10.6 Å².